The van der Waals surface area contributed by atoms with Gasteiger partial charge in [-0.15, -0.1) is 0 Å². The maximum absolute atomic E-state index is 4.55. The van der Waals surface area contributed by atoms with Gasteiger partial charge in [-0.1, -0.05) is 18.2 Å². The number of rotatable bonds is 5. The first-order chi connectivity index (χ1) is 11.8. The van der Waals surface area contributed by atoms with Gasteiger partial charge in [-0.3, -0.25) is 0 Å². The molecule has 2 aliphatic heterocycles. The molecule has 1 saturated heterocycles. The Morgan fingerprint density at radius 3 is 2.88 bits per heavy atom. The Balaban J connectivity index is 1.21. The molecule has 2 aromatic rings. The maximum atomic E-state index is 4.55. The average Bonchev–Trinajstić information content (AvgIpc) is 3.21. The second-order valence-electron chi connectivity index (χ2n) is 7.19. The molecule has 2 unspecified atom stereocenters. The van der Waals surface area contributed by atoms with E-state index in [4.69, 9.17) is 0 Å². The van der Waals surface area contributed by atoms with Gasteiger partial charge < -0.3 is 15.5 Å². The summed E-state index contributed by atoms with van der Waals surface area (Å²) in [6.45, 7) is 8.64. The quantitative estimate of drug-likeness (QED) is 0.886. The molecule has 0 spiro atoms. The van der Waals surface area contributed by atoms with E-state index in [1.807, 2.05) is 0 Å². The van der Waals surface area contributed by atoms with Crippen LogP contribution in [0, 0.1) is 18.8 Å². The Morgan fingerprint density at radius 1 is 1.17 bits per heavy atom. The highest BCUT2D eigenvalue weighted by Gasteiger charge is 2.23. The number of hydrogen-bond acceptors (Lipinski definition) is 4. The minimum atomic E-state index is 0.614. The molecule has 4 rings (SSSR count). The van der Waals surface area contributed by atoms with Gasteiger partial charge >= 0.3 is 0 Å². The largest absolute Gasteiger partial charge is 0.371 e. The van der Waals surface area contributed by atoms with Gasteiger partial charge in [0, 0.05) is 50.4 Å². The molecule has 0 radical (unpaired) electrons. The number of aromatic nitrogens is 2. The SMILES string of the molecule is Cc1cc2n(n1)CC(CNCC1CCN(c3ccccc3)C1)CN2. The van der Waals surface area contributed by atoms with Crippen LogP contribution in [0.5, 0.6) is 0 Å². The summed E-state index contributed by atoms with van der Waals surface area (Å²) in [6.07, 6.45) is 1.29. The van der Waals surface area contributed by atoms with E-state index in [1.54, 1.807) is 0 Å². The molecule has 0 aliphatic carbocycles. The van der Waals surface area contributed by atoms with E-state index in [-0.39, 0.29) is 0 Å². The number of anilines is 2. The normalized spacial score (nSPS) is 23.1. The van der Waals surface area contributed by atoms with Gasteiger partial charge in [-0.2, -0.15) is 5.10 Å². The van der Waals surface area contributed by atoms with Crippen LogP contribution >= 0.6 is 0 Å². The van der Waals surface area contributed by atoms with Gasteiger partial charge in [-0.05, 0) is 37.9 Å². The predicted octanol–water partition coefficient (Wildman–Crippen LogP) is 2.35. The summed E-state index contributed by atoms with van der Waals surface area (Å²) < 4.78 is 2.11. The topological polar surface area (TPSA) is 45.1 Å². The molecule has 1 aromatic carbocycles. The summed E-state index contributed by atoms with van der Waals surface area (Å²) in [7, 11) is 0. The van der Waals surface area contributed by atoms with Crippen LogP contribution in [0.4, 0.5) is 11.5 Å². The third-order valence-corrected chi connectivity index (χ3v) is 5.18. The van der Waals surface area contributed by atoms with Crippen LogP contribution in [0.15, 0.2) is 36.4 Å². The van der Waals surface area contributed by atoms with Crippen LogP contribution in [0.3, 0.4) is 0 Å². The molecule has 2 aliphatic rings. The summed E-state index contributed by atoms with van der Waals surface area (Å²) in [4.78, 5) is 2.51. The molecular weight excluding hydrogens is 298 g/mol. The molecule has 5 nitrogen and oxygen atoms in total. The number of nitrogens with zero attached hydrogens (tertiary/aromatic N) is 3. The van der Waals surface area contributed by atoms with Crippen LogP contribution in [-0.4, -0.2) is 42.5 Å². The smallest absolute Gasteiger partial charge is 0.124 e. The standard InChI is InChI=1S/C19H27N5/c1-15-9-19-21-12-17(14-24(19)22-15)11-20-10-16-7-8-23(13-16)18-5-3-2-4-6-18/h2-6,9,16-17,20-21H,7-8,10-14H2,1H3. The fraction of sp³-hybridized carbons (Fsp3) is 0.526. The molecule has 1 fully saturated rings. The van der Waals surface area contributed by atoms with Gasteiger partial charge in [0.2, 0.25) is 0 Å². The highest BCUT2D eigenvalue weighted by Crippen LogP contribution is 2.23. The second kappa shape index (κ2) is 6.85. The maximum Gasteiger partial charge on any atom is 0.124 e. The number of fused-ring (bicyclic) bond motifs is 1. The Kier molecular flexibility index (Phi) is 4.43. The van der Waals surface area contributed by atoms with E-state index < -0.39 is 0 Å². The van der Waals surface area contributed by atoms with Gasteiger partial charge in [0.25, 0.3) is 0 Å². The van der Waals surface area contributed by atoms with Crippen molar-refractivity contribution in [3.63, 3.8) is 0 Å². The van der Waals surface area contributed by atoms with Crippen molar-refractivity contribution in [3.05, 3.63) is 42.1 Å². The first-order valence-electron chi connectivity index (χ1n) is 9.07. The Hall–Kier alpha value is -2.01. The van der Waals surface area contributed by atoms with Gasteiger partial charge in [0.05, 0.1) is 5.69 Å². The fourth-order valence-corrected chi connectivity index (χ4v) is 3.89. The number of aryl methyl sites for hydroxylation is 1. The molecule has 3 heterocycles. The summed E-state index contributed by atoms with van der Waals surface area (Å²) in [6, 6.07) is 12.9. The molecule has 0 saturated carbocycles. The lowest BCUT2D eigenvalue weighted by Crippen LogP contribution is -2.37. The van der Waals surface area contributed by atoms with Crippen molar-refractivity contribution in [1.82, 2.24) is 15.1 Å². The number of para-hydroxylation sites is 1. The summed E-state index contributed by atoms with van der Waals surface area (Å²) in [5.41, 5.74) is 2.45. The van der Waals surface area contributed by atoms with Crippen LogP contribution in [0.25, 0.3) is 0 Å². The lowest BCUT2D eigenvalue weighted by molar-refractivity contribution is 0.378. The average molecular weight is 325 g/mol. The summed E-state index contributed by atoms with van der Waals surface area (Å²) in [5, 5.41) is 11.7. The molecule has 1 aromatic heterocycles. The Labute approximate surface area is 144 Å². The van der Waals surface area contributed by atoms with E-state index in [2.05, 4.69) is 68.6 Å². The molecule has 128 valence electrons. The van der Waals surface area contributed by atoms with E-state index in [0.717, 1.165) is 43.6 Å². The van der Waals surface area contributed by atoms with E-state index in [9.17, 15) is 0 Å². The zero-order valence-corrected chi connectivity index (χ0v) is 14.4. The zero-order chi connectivity index (χ0) is 16.4. The van der Waals surface area contributed by atoms with Gasteiger partial charge in [-0.25, -0.2) is 4.68 Å². The number of nitrogens with one attached hydrogen (secondary N) is 2. The monoisotopic (exact) mass is 325 g/mol. The van der Waals surface area contributed by atoms with Crippen LogP contribution < -0.4 is 15.5 Å². The van der Waals surface area contributed by atoms with Crippen molar-refractivity contribution in [2.24, 2.45) is 11.8 Å². The molecule has 0 bridgehead atoms. The third kappa shape index (κ3) is 3.41. The second-order valence-corrected chi connectivity index (χ2v) is 7.19. The molecule has 0 amide bonds. The highest BCUT2D eigenvalue weighted by molar-refractivity contribution is 5.46. The van der Waals surface area contributed by atoms with Crippen molar-refractivity contribution in [2.75, 3.05) is 42.9 Å². The minimum absolute atomic E-state index is 0.614. The zero-order valence-electron chi connectivity index (χ0n) is 14.4. The first kappa shape index (κ1) is 15.5. The van der Waals surface area contributed by atoms with Gasteiger partial charge in [0.15, 0.2) is 0 Å². The Morgan fingerprint density at radius 2 is 2.00 bits per heavy atom. The van der Waals surface area contributed by atoms with Crippen molar-refractivity contribution in [3.8, 4) is 0 Å². The lowest BCUT2D eigenvalue weighted by atomic mass is 10.1. The summed E-state index contributed by atoms with van der Waals surface area (Å²) >= 11 is 0. The third-order valence-electron chi connectivity index (χ3n) is 5.18. The highest BCUT2D eigenvalue weighted by atomic mass is 15.3. The van der Waals surface area contributed by atoms with E-state index in [1.165, 1.54) is 25.2 Å². The van der Waals surface area contributed by atoms with E-state index in [0.29, 0.717) is 5.92 Å². The predicted molar refractivity (Wildman–Crippen MR) is 98.6 cm³/mol. The van der Waals surface area contributed by atoms with Crippen LogP contribution in [-0.2, 0) is 6.54 Å². The van der Waals surface area contributed by atoms with Crippen molar-refractivity contribution >= 4 is 11.5 Å². The minimum Gasteiger partial charge on any atom is -0.371 e. The molecular formula is C19H27N5. The van der Waals surface area contributed by atoms with Crippen LogP contribution in [0.2, 0.25) is 0 Å². The molecule has 24 heavy (non-hydrogen) atoms. The van der Waals surface area contributed by atoms with Crippen molar-refractivity contribution in [1.29, 1.82) is 0 Å². The van der Waals surface area contributed by atoms with Crippen LogP contribution in [0.1, 0.15) is 12.1 Å². The fourth-order valence-electron chi connectivity index (χ4n) is 3.89. The number of hydrogen-bond donors (Lipinski definition) is 2. The van der Waals surface area contributed by atoms with Gasteiger partial charge in [0.1, 0.15) is 5.82 Å². The van der Waals surface area contributed by atoms with Crippen molar-refractivity contribution in [2.45, 2.75) is 19.9 Å². The molecule has 2 N–H and O–H groups in total. The van der Waals surface area contributed by atoms with E-state index >= 15 is 0 Å². The first-order valence-corrected chi connectivity index (χ1v) is 9.07. The van der Waals surface area contributed by atoms with Crippen molar-refractivity contribution < 1.29 is 0 Å². The lowest BCUT2D eigenvalue weighted by Gasteiger charge is -2.25. The summed E-state index contributed by atoms with van der Waals surface area (Å²) in [5.74, 6) is 2.53. The molecule has 5 heteroatoms. The number of benzene rings is 1. The molecule has 2 atom stereocenters. The Bertz CT molecular complexity index is 666.